The number of unbranched alkanes of at least 4 members (excludes halogenated alkanes) is 8. The summed E-state index contributed by atoms with van der Waals surface area (Å²) < 4.78 is 10.2. The Balaban J connectivity index is 3.12. The summed E-state index contributed by atoms with van der Waals surface area (Å²) in [6, 6.07) is 0. The Kier molecular flexibility index (Phi) is 16.4. The molecule has 0 bridgehead atoms. The smallest absolute Gasteiger partial charge is 0.533 e. The Bertz CT molecular complexity index is 193. The van der Waals surface area contributed by atoms with Gasteiger partial charge in [-0.1, -0.05) is 64.5 Å². The van der Waals surface area contributed by atoms with E-state index < -0.39 is 0 Å². The van der Waals surface area contributed by atoms with Gasteiger partial charge in [-0.05, 0) is 25.7 Å². The lowest BCUT2D eigenvalue weighted by Gasteiger charge is -1.97. The summed E-state index contributed by atoms with van der Waals surface area (Å²) in [5.41, 5.74) is 0. The van der Waals surface area contributed by atoms with Crippen molar-refractivity contribution in [3.8, 4) is 0 Å². The van der Waals surface area contributed by atoms with Gasteiger partial charge in [0.25, 0.3) is 0 Å². The fourth-order valence-electron chi connectivity index (χ4n) is 1.72. The van der Waals surface area contributed by atoms with Crippen molar-refractivity contribution in [3.05, 3.63) is 24.7 Å². The standard InChI is InChI=1S/C16H30BO2/c1-3-5-7-9-11-13-15-18-17-19-16-14-12-10-8-6-4-2/h13-16H,3-12H2,1-2H3/b15-13+,16-14+. The maximum Gasteiger partial charge on any atom is 0.657 e. The molecule has 0 atom stereocenters. The molecular weight excluding hydrogens is 235 g/mol. The lowest BCUT2D eigenvalue weighted by molar-refractivity contribution is 0.373. The van der Waals surface area contributed by atoms with Crippen LogP contribution in [0.4, 0.5) is 0 Å². The predicted octanol–water partition coefficient (Wildman–Crippen LogP) is 5.52. The molecule has 0 unspecified atom stereocenters. The van der Waals surface area contributed by atoms with Crippen molar-refractivity contribution in [1.82, 2.24) is 0 Å². The minimum Gasteiger partial charge on any atom is -0.533 e. The van der Waals surface area contributed by atoms with Crippen molar-refractivity contribution >= 4 is 7.69 Å². The first-order valence-corrected chi connectivity index (χ1v) is 7.84. The topological polar surface area (TPSA) is 18.5 Å². The van der Waals surface area contributed by atoms with Crippen LogP contribution in [0.1, 0.15) is 78.1 Å². The minimum absolute atomic E-state index is 1.08. The highest BCUT2D eigenvalue weighted by atomic mass is 16.6. The normalized spacial score (nSPS) is 11.3. The molecule has 0 heterocycles. The van der Waals surface area contributed by atoms with Gasteiger partial charge in [0.2, 0.25) is 0 Å². The first kappa shape index (κ1) is 18.1. The molecule has 2 nitrogen and oxygen atoms in total. The molecule has 0 aliphatic rings. The van der Waals surface area contributed by atoms with Crippen LogP contribution in [-0.2, 0) is 9.31 Å². The van der Waals surface area contributed by atoms with Crippen LogP contribution in [-0.4, -0.2) is 7.69 Å². The van der Waals surface area contributed by atoms with Crippen molar-refractivity contribution in [2.24, 2.45) is 0 Å². The Morgan fingerprint density at radius 3 is 1.58 bits per heavy atom. The third-order valence-electron chi connectivity index (χ3n) is 2.91. The zero-order valence-electron chi connectivity index (χ0n) is 12.8. The molecule has 109 valence electrons. The number of allylic oxidation sites excluding steroid dienone is 2. The zero-order valence-corrected chi connectivity index (χ0v) is 12.8. The quantitative estimate of drug-likeness (QED) is 0.234. The Morgan fingerprint density at radius 2 is 1.16 bits per heavy atom. The molecule has 0 aromatic rings. The first-order chi connectivity index (χ1) is 9.41. The highest BCUT2D eigenvalue weighted by Crippen LogP contribution is 2.03. The molecule has 0 aliphatic heterocycles. The van der Waals surface area contributed by atoms with E-state index in [0.717, 1.165) is 12.8 Å². The summed E-state index contributed by atoms with van der Waals surface area (Å²) in [4.78, 5) is 0. The van der Waals surface area contributed by atoms with Gasteiger partial charge in [0.1, 0.15) is 0 Å². The molecule has 0 N–H and O–H groups in total. The Morgan fingerprint density at radius 1 is 0.684 bits per heavy atom. The molecule has 0 aromatic carbocycles. The number of hydrogen-bond donors (Lipinski definition) is 0. The fraction of sp³-hybridized carbons (Fsp3) is 0.750. The van der Waals surface area contributed by atoms with Gasteiger partial charge in [-0.2, -0.15) is 0 Å². The average Bonchev–Trinajstić information content (AvgIpc) is 2.43. The van der Waals surface area contributed by atoms with Crippen molar-refractivity contribution in [2.45, 2.75) is 78.1 Å². The zero-order chi connectivity index (χ0) is 14.0. The largest absolute Gasteiger partial charge is 0.657 e. The molecule has 0 spiro atoms. The van der Waals surface area contributed by atoms with Gasteiger partial charge in [-0.25, -0.2) is 0 Å². The van der Waals surface area contributed by atoms with E-state index in [1.807, 2.05) is 12.2 Å². The summed E-state index contributed by atoms with van der Waals surface area (Å²) in [6.45, 7) is 4.45. The maximum atomic E-state index is 5.11. The molecular formula is C16H30BO2. The van der Waals surface area contributed by atoms with Crippen LogP contribution >= 0.6 is 0 Å². The van der Waals surface area contributed by atoms with E-state index in [9.17, 15) is 0 Å². The van der Waals surface area contributed by atoms with E-state index in [0.29, 0.717) is 0 Å². The lowest BCUT2D eigenvalue weighted by Crippen LogP contribution is -1.94. The SMILES string of the molecule is CCCCCC/C=C/O[B]O/C=C/CCCCCC. The van der Waals surface area contributed by atoms with Crippen LogP contribution in [0.25, 0.3) is 0 Å². The van der Waals surface area contributed by atoms with E-state index in [-0.39, 0.29) is 0 Å². The molecule has 0 amide bonds. The second-order valence-corrected chi connectivity index (χ2v) is 4.81. The van der Waals surface area contributed by atoms with Crippen LogP contribution < -0.4 is 0 Å². The first-order valence-electron chi connectivity index (χ1n) is 7.84. The van der Waals surface area contributed by atoms with Gasteiger partial charge in [0.05, 0.1) is 12.5 Å². The molecule has 3 heteroatoms. The summed E-state index contributed by atoms with van der Waals surface area (Å²) in [5, 5.41) is 0. The maximum absolute atomic E-state index is 5.11. The van der Waals surface area contributed by atoms with Gasteiger partial charge >= 0.3 is 7.69 Å². The van der Waals surface area contributed by atoms with Crippen molar-refractivity contribution in [2.75, 3.05) is 0 Å². The summed E-state index contributed by atoms with van der Waals surface area (Å²) in [5.74, 6) is 0. The Hall–Kier alpha value is -0.855. The van der Waals surface area contributed by atoms with Gasteiger partial charge in [0, 0.05) is 0 Å². The van der Waals surface area contributed by atoms with E-state index >= 15 is 0 Å². The van der Waals surface area contributed by atoms with Gasteiger partial charge in [0.15, 0.2) is 0 Å². The molecule has 0 saturated carbocycles. The second kappa shape index (κ2) is 17.1. The lowest BCUT2D eigenvalue weighted by atomic mass is 10.1. The fourth-order valence-corrected chi connectivity index (χ4v) is 1.72. The Labute approximate surface area is 120 Å². The summed E-state index contributed by atoms with van der Waals surface area (Å²) in [7, 11) is 1.37. The van der Waals surface area contributed by atoms with E-state index in [1.54, 1.807) is 12.5 Å². The molecule has 0 aromatic heterocycles. The van der Waals surface area contributed by atoms with Crippen molar-refractivity contribution < 1.29 is 9.31 Å². The van der Waals surface area contributed by atoms with E-state index in [4.69, 9.17) is 9.31 Å². The van der Waals surface area contributed by atoms with Crippen LogP contribution in [0.3, 0.4) is 0 Å². The van der Waals surface area contributed by atoms with Crippen molar-refractivity contribution in [1.29, 1.82) is 0 Å². The number of hydrogen-bond acceptors (Lipinski definition) is 2. The van der Waals surface area contributed by atoms with Crippen LogP contribution in [0.2, 0.25) is 0 Å². The molecule has 0 aliphatic carbocycles. The highest BCUT2D eigenvalue weighted by molar-refractivity contribution is 6.18. The van der Waals surface area contributed by atoms with Crippen molar-refractivity contribution in [3.63, 3.8) is 0 Å². The van der Waals surface area contributed by atoms with Crippen LogP contribution in [0, 0.1) is 0 Å². The molecule has 19 heavy (non-hydrogen) atoms. The molecule has 1 radical (unpaired) electrons. The summed E-state index contributed by atoms with van der Waals surface area (Å²) >= 11 is 0. The predicted molar refractivity (Wildman–Crippen MR) is 83.7 cm³/mol. The average molecular weight is 265 g/mol. The van der Waals surface area contributed by atoms with Gasteiger partial charge in [-0.15, -0.1) is 0 Å². The van der Waals surface area contributed by atoms with E-state index in [2.05, 4.69) is 13.8 Å². The third kappa shape index (κ3) is 17.1. The van der Waals surface area contributed by atoms with Crippen LogP contribution in [0.5, 0.6) is 0 Å². The molecule has 0 saturated heterocycles. The molecule has 0 fully saturated rings. The minimum atomic E-state index is 1.08. The van der Waals surface area contributed by atoms with Gasteiger partial charge in [-0.3, -0.25) is 0 Å². The monoisotopic (exact) mass is 265 g/mol. The summed E-state index contributed by atoms with van der Waals surface area (Å²) in [6.07, 6.45) is 20.0. The van der Waals surface area contributed by atoms with Crippen LogP contribution in [0.15, 0.2) is 24.7 Å². The molecule has 0 rings (SSSR count). The highest BCUT2D eigenvalue weighted by Gasteiger charge is 1.90. The second-order valence-electron chi connectivity index (χ2n) is 4.81. The van der Waals surface area contributed by atoms with E-state index in [1.165, 1.54) is 59.1 Å². The van der Waals surface area contributed by atoms with Gasteiger partial charge < -0.3 is 9.31 Å². The number of rotatable bonds is 14. The third-order valence-corrected chi connectivity index (χ3v) is 2.91.